The first-order valence-electron chi connectivity index (χ1n) is 5.88. The van der Waals surface area contributed by atoms with Crippen molar-refractivity contribution in [2.75, 3.05) is 17.8 Å². The summed E-state index contributed by atoms with van der Waals surface area (Å²) in [4.78, 5) is 11.2. The average molecular weight is 268 g/mol. The Balaban J connectivity index is 2.18. The molecule has 0 saturated carbocycles. The van der Waals surface area contributed by atoms with Crippen LogP contribution in [0.3, 0.4) is 0 Å². The third-order valence-electron chi connectivity index (χ3n) is 2.92. The summed E-state index contributed by atoms with van der Waals surface area (Å²) in [5.41, 5.74) is 0.922. The van der Waals surface area contributed by atoms with E-state index < -0.39 is 10.2 Å². The van der Waals surface area contributed by atoms with Gasteiger partial charge >= 0.3 is 10.2 Å². The Kier molecular flexibility index (Phi) is 3.68. The number of hydrogen-bond acceptors (Lipinski definition) is 3. The maximum Gasteiger partial charge on any atom is 0.301 e. The maximum atomic E-state index is 12.0. The molecule has 18 heavy (non-hydrogen) atoms. The molecular formula is C12H16N2O3S. The van der Waals surface area contributed by atoms with Crippen LogP contribution in [0.2, 0.25) is 0 Å². The van der Waals surface area contributed by atoms with Gasteiger partial charge in [-0.1, -0.05) is 12.1 Å². The fourth-order valence-corrected chi connectivity index (χ4v) is 3.24. The molecule has 1 heterocycles. The summed E-state index contributed by atoms with van der Waals surface area (Å²) in [5.74, 6) is -0.0859. The summed E-state index contributed by atoms with van der Waals surface area (Å²) in [5, 5.41) is 0. The molecule has 1 aliphatic rings. The predicted octanol–water partition coefficient (Wildman–Crippen LogP) is 1.64. The van der Waals surface area contributed by atoms with Crippen molar-refractivity contribution in [1.29, 1.82) is 0 Å². The van der Waals surface area contributed by atoms with Gasteiger partial charge in [0.25, 0.3) is 0 Å². The van der Waals surface area contributed by atoms with Gasteiger partial charge in [-0.05, 0) is 31.9 Å². The van der Waals surface area contributed by atoms with Gasteiger partial charge < -0.3 is 0 Å². The molecule has 1 aromatic carbocycles. The van der Waals surface area contributed by atoms with E-state index in [-0.39, 0.29) is 5.78 Å². The molecule has 1 aromatic rings. The highest BCUT2D eigenvalue weighted by atomic mass is 32.2. The number of benzene rings is 1. The molecule has 5 nitrogen and oxygen atoms in total. The van der Waals surface area contributed by atoms with Crippen LogP contribution in [0.15, 0.2) is 24.3 Å². The van der Waals surface area contributed by atoms with Gasteiger partial charge in [0.2, 0.25) is 0 Å². The fraction of sp³-hybridized carbons (Fsp3) is 0.417. The van der Waals surface area contributed by atoms with Crippen LogP contribution in [0.4, 0.5) is 5.69 Å². The zero-order valence-electron chi connectivity index (χ0n) is 10.2. The minimum absolute atomic E-state index is 0.0859. The first-order valence-corrected chi connectivity index (χ1v) is 7.32. The van der Waals surface area contributed by atoms with Gasteiger partial charge in [0.1, 0.15) is 0 Å². The quantitative estimate of drug-likeness (QED) is 0.844. The molecule has 2 rings (SSSR count). The van der Waals surface area contributed by atoms with Crippen molar-refractivity contribution in [2.45, 2.75) is 19.8 Å². The third-order valence-corrected chi connectivity index (χ3v) is 4.46. The lowest BCUT2D eigenvalue weighted by Gasteiger charge is -2.17. The van der Waals surface area contributed by atoms with Crippen LogP contribution in [0.1, 0.15) is 30.1 Å². The van der Waals surface area contributed by atoms with Crippen LogP contribution in [0, 0.1) is 0 Å². The molecule has 0 amide bonds. The molecular weight excluding hydrogens is 252 g/mol. The average Bonchev–Trinajstić information content (AvgIpc) is 2.82. The van der Waals surface area contributed by atoms with E-state index in [2.05, 4.69) is 4.72 Å². The van der Waals surface area contributed by atoms with Crippen LogP contribution in [-0.4, -0.2) is 31.6 Å². The Morgan fingerprint density at radius 3 is 2.56 bits per heavy atom. The zero-order chi connectivity index (χ0) is 13.2. The summed E-state index contributed by atoms with van der Waals surface area (Å²) < 4.78 is 28.0. The van der Waals surface area contributed by atoms with E-state index in [1.54, 1.807) is 24.3 Å². The van der Waals surface area contributed by atoms with E-state index in [0.717, 1.165) is 12.8 Å². The summed E-state index contributed by atoms with van der Waals surface area (Å²) in [6.07, 6.45) is 1.79. The standard InChI is InChI=1S/C12H16N2O3S/c1-10(15)11-5-4-6-12(9-11)13-18(16,17)14-7-2-3-8-14/h4-6,9,13H,2-3,7-8H2,1H3. The molecule has 0 bridgehead atoms. The predicted molar refractivity (Wildman–Crippen MR) is 69.8 cm³/mol. The number of hydrogen-bond donors (Lipinski definition) is 1. The number of carbonyl (C=O) groups is 1. The molecule has 0 unspecified atom stereocenters. The monoisotopic (exact) mass is 268 g/mol. The van der Waals surface area contributed by atoms with Crippen LogP contribution in [0.5, 0.6) is 0 Å². The van der Waals surface area contributed by atoms with Crippen molar-refractivity contribution in [1.82, 2.24) is 4.31 Å². The van der Waals surface area contributed by atoms with Gasteiger partial charge in [0, 0.05) is 18.7 Å². The zero-order valence-corrected chi connectivity index (χ0v) is 11.0. The van der Waals surface area contributed by atoms with Gasteiger partial charge in [0.05, 0.1) is 5.69 Å². The Morgan fingerprint density at radius 2 is 1.94 bits per heavy atom. The van der Waals surface area contributed by atoms with Gasteiger partial charge in [-0.15, -0.1) is 0 Å². The molecule has 0 radical (unpaired) electrons. The van der Waals surface area contributed by atoms with Gasteiger partial charge in [-0.3, -0.25) is 9.52 Å². The first-order chi connectivity index (χ1) is 8.49. The summed E-state index contributed by atoms with van der Waals surface area (Å²) in [6, 6.07) is 6.52. The molecule has 98 valence electrons. The number of rotatable bonds is 4. The number of Topliss-reactive ketones (excluding diaryl/α,β-unsaturated/α-hetero) is 1. The number of carbonyl (C=O) groups excluding carboxylic acids is 1. The summed E-state index contributed by atoms with van der Waals surface area (Å²) in [7, 11) is -3.48. The lowest BCUT2D eigenvalue weighted by molar-refractivity contribution is 0.101. The first kappa shape index (κ1) is 13.0. The lowest BCUT2D eigenvalue weighted by Crippen LogP contribution is -2.33. The molecule has 0 aromatic heterocycles. The minimum atomic E-state index is -3.48. The molecule has 1 fully saturated rings. The second-order valence-corrected chi connectivity index (χ2v) is 6.02. The van der Waals surface area contributed by atoms with E-state index in [4.69, 9.17) is 0 Å². The van der Waals surface area contributed by atoms with E-state index in [1.807, 2.05) is 0 Å². The molecule has 0 spiro atoms. The van der Waals surface area contributed by atoms with E-state index in [1.165, 1.54) is 11.2 Å². The second-order valence-electron chi connectivity index (χ2n) is 4.35. The smallest absolute Gasteiger partial charge is 0.295 e. The van der Waals surface area contributed by atoms with E-state index >= 15 is 0 Å². The Bertz CT molecular complexity index is 548. The fourth-order valence-electron chi connectivity index (χ4n) is 1.94. The van der Waals surface area contributed by atoms with Gasteiger partial charge in [-0.25, -0.2) is 0 Å². The highest BCUT2D eigenvalue weighted by Gasteiger charge is 2.25. The molecule has 1 aliphatic heterocycles. The number of nitrogens with zero attached hydrogens (tertiary/aromatic N) is 1. The summed E-state index contributed by atoms with van der Waals surface area (Å²) >= 11 is 0. The minimum Gasteiger partial charge on any atom is -0.295 e. The van der Waals surface area contributed by atoms with Crippen LogP contribution < -0.4 is 4.72 Å². The van der Waals surface area contributed by atoms with Crippen molar-refractivity contribution in [2.24, 2.45) is 0 Å². The normalized spacial score (nSPS) is 16.7. The lowest BCUT2D eigenvalue weighted by atomic mass is 10.1. The van der Waals surface area contributed by atoms with Crippen LogP contribution in [-0.2, 0) is 10.2 Å². The third kappa shape index (κ3) is 2.88. The molecule has 1 N–H and O–H groups in total. The SMILES string of the molecule is CC(=O)c1cccc(NS(=O)(=O)N2CCCC2)c1. The van der Waals surface area contributed by atoms with E-state index in [9.17, 15) is 13.2 Å². The largest absolute Gasteiger partial charge is 0.301 e. The van der Waals surface area contributed by atoms with Gasteiger partial charge in [0.15, 0.2) is 5.78 Å². The highest BCUT2D eigenvalue weighted by molar-refractivity contribution is 7.90. The highest BCUT2D eigenvalue weighted by Crippen LogP contribution is 2.17. The topological polar surface area (TPSA) is 66.5 Å². The van der Waals surface area contributed by atoms with Crippen molar-refractivity contribution < 1.29 is 13.2 Å². The number of nitrogens with one attached hydrogen (secondary N) is 1. The Hall–Kier alpha value is -1.40. The van der Waals surface area contributed by atoms with Crippen molar-refractivity contribution in [3.63, 3.8) is 0 Å². The van der Waals surface area contributed by atoms with Gasteiger partial charge in [-0.2, -0.15) is 12.7 Å². The van der Waals surface area contributed by atoms with Crippen molar-refractivity contribution >= 4 is 21.7 Å². The van der Waals surface area contributed by atoms with Crippen molar-refractivity contribution in [3.05, 3.63) is 29.8 Å². The Morgan fingerprint density at radius 1 is 1.28 bits per heavy atom. The molecule has 6 heteroatoms. The molecule has 1 saturated heterocycles. The Labute approximate surface area is 107 Å². The van der Waals surface area contributed by atoms with E-state index in [0.29, 0.717) is 24.3 Å². The van der Waals surface area contributed by atoms with Crippen molar-refractivity contribution in [3.8, 4) is 0 Å². The number of anilines is 1. The maximum absolute atomic E-state index is 12.0. The molecule has 0 aliphatic carbocycles. The second kappa shape index (κ2) is 5.07. The molecule has 0 atom stereocenters. The van der Waals surface area contributed by atoms with Crippen LogP contribution >= 0.6 is 0 Å². The summed E-state index contributed by atoms with van der Waals surface area (Å²) in [6.45, 7) is 2.57. The van der Waals surface area contributed by atoms with Crippen LogP contribution in [0.25, 0.3) is 0 Å². The number of ketones is 1.